The predicted octanol–water partition coefficient (Wildman–Crippen LogP) is 1.58. The number of aryl methyl sites for hydroxylation is 1. The number of thiazole rings is 1. The number of ether oxygens (including phenoxy) is 1. The molecule has 0 saturated heterocycles. The summed E-state index contributed by atoms with van der Waals surface area (Å²) >= 11 is 1.73. The standard InChI is InChI=1S/C13H21N5OS/c1-4-13-15-11(9-20-13)7-17(2)8-12-16-14-10-18(12)5-6-19-3/h9-10H,4-8H2,1-3H3. The average molecular weight is 295 g/mol. The number of hydrogen-bond donors (Lipinski definition) is 0. The molecule has 0 saturated carbocycles. The molecule has 2 aromatic rings. The minimum absolute atomic E-state index is 0.667. The Balaban J connectivity index is 1.90. The molecule has 6 nitrogen and oxygen atoms in total. The molecule has 0 unspecified atom stereocenters. The first-order chi connectivity index (χ1) is 9.72. The van der Waals surface area contributed by atoms with Crippen molar-refractivity contribution in [2.45, 2.75) is 33.0 Å². The molecule has 20 heavy (non-hydrogen) atoms. The smallest absolute Gasteiger partial charge is 0.147 e. The molecular formula is C13H21N5OS. The van der Waals surface area contributed by atoms with Crippen LogP contribution in [-0.4, -0.2) is 45.4 Å². The Hall–Kier alpha value is -1.31. The Morgan fingerprint density at radius 2 is 2.25 bits per heavy atom. The summed E-state index contributed by atoms with van der Waals surface area (Å²) in [6, 6.07) is 0. The molecule has 0 N–H and O–H groups in total. The molecule has 0 bridgehead atoms. The summed E-state index contributed by atoms with van der Waals surface area (Å²) in [5.74, 6) is 0.954. The Morgan fingerprint density at radius 3 is 2.95 bits per heavy atom. The molecule has 0 radical (unpaired) electrons. The molecule has 0 aliphatic carbocycles. The van der Waals surface area contributed by atoms with E-state index in [9.17, 15) is 0 Å². The Morgan fingerprint density at radius 1 is 1.40 bits per heavy atom. The van der Waals surface area contributed by atoms with Crippen molar-refractivity contribution in [2.75, 3.05) is 20.8 Å². The molecule has 110 valence electrons. The SMILES string of the molecule is CCc1nc(CN(C)Cc2nncn2CCOC)cs1. The van der Waals surface area contributed by atoms with Gasteiger partial charge in [-0.3, -0.25) is 4.90 Å². The number of hydrogen-bond acceptors (Lipinski definition) is 6. The van der Waals surface area contributed by atoms with Crippen molar-refractivity contribution >= 4 is 11.3 Å². The molecule has 0 amide bonds. The maximum Gasteiger partial charge on any atom is 0.147 e. The summed E-state index contributed by atoms with van der Waals surface area (Å²) in [6.45, 7) is 5.16. The van der Waals surface area contributed by atoms with Crippen LogP contribution >= 0.6 is 11.3 Å². The van der Waals surface area contributed by atoms with Crippen molar-refractivity contribution in [1.29, 1.82) is 0 Å². The van der Waals surface area contributed by atoms with Gasteiger partial charge in [-0.1, -0.05) is 6.92 Å². The molecule has 0 atom stereocenters. The first kappa shape index (κ1) is 15.1. The van der Waals surface area contributed by atoms with Crippen LogP contribution in [0.5, 0.6) is 0 Å². The van der Waals surface area contributed by atoms with E-state index in [1.807, 2.05) is 4.57 Å². The van der Waals surface area contributed by atoms with Gasteiger partial charge in [-0.15, -0.1) is 21.5 Å². The van der Waals surface area contributed by atoms with Crippen LogP contribution < -0.4 is 0 Å². The third kappa shape index (κ3) is 4.09. The van der Waals surface area contributed by atoms with Crippen LogP contribution in [-0.2, 0) is 30.8 Å². The number of methoxy groups -OCH3 is 1. The van der Waals surface area contributed by atoms with Gasteiger partial charge in [-0.25, -0.2) is 4.98 Å². The van der Waals surface area contributed by atoms with Gasteiger partial charge in [-0.2, -0.15) is 0 Å². The highest BCUT2D eigenvalue weighted by molar-refractivity contribution is 7.09. The lowest BCUT2D eigenvalue weighted by atomic mass is 10.4. The molecule has 0 aromatic carbocycles. The van der Waals surface area contributed by atoms with Gasteiger partial charge in [-0.05, 0) is 13.5 Å². The lowest BCUT2D eigenvalue weighted by Gasteiger charge is -2.15. The van der Waals surface area contributed by atoms with Crippen molar-refractivity contribution < 1.29 is 4.74 Å². The van der Waals surface area contributed by atoms with Crippen LogP contribution in [0, 0.1) is 0 Å². The normalized spacial score (nSPS) is 11.4. The fraction of sp³-hybridized carbons (Fsp3) is 0.615. The van der Waals surface area contributed by atoms with E-state index in [2.05, 4.69) is 39.4 Å². The summed E-state index contributed by atoms with van der Waals surface area (Å²) in [4.78, 5) is 6.78. The van der Waals surface area contributed by atoms with E-state index in [-0.39, 0.29) is 0 Å². The fourth-order valence-electron chi connectivity index (χ4n) is 1.94. The maximum atomic E-state index is 5.09. The molecule has 2 rings (SSSR count). The van der Waals surface area contributed by atoms with Gasteiger partial charge >= 0.3 is 0 Å². The van der Waals surface area contributed by atoms with Gasteiger partial charge in [0.05, 0.1) is 23.9 Å². The minimum Gasteiger partial charge on any atom is -0.383 e. The van der Waals surface area contributed by atoms with Gasteiger partial charge in [0, 0.05) is 25.6 Å². The van der Waals surface area contributed by atoms with Crippen LogP contribution in [0.3, 0.4) is 0 Å². The molecule has 2 heterocycles. The lowest BCUT2D eigenvalue weighted by Crippen LogP contribution is -2.21. The van der Waals surface area contributed by atoms with Crippen molar-refractivity contribution in [3.05, 3.63) is 28.2 Å². The third-order valence-corrected chi connectivity index (χ3v) is 4.02. The summed E-state index contributed by atoms with van der Waals surface area (Å²) in [7, 11) is 3.77. The van der Waals surface area contributed by atoms with E-state index in [4.69, 9.17) is 4.74 Å². The summed E-state index contributed by atoms with van der Waals surface area (Å²) in [6.07, 6.45) is 2.75. The fourth-order valence-corrected chi connectivity index (χ4v) is 2.67. The zero-order chi connectivity index (χ0) is 14.4. The monoisotopic (exact) mass is 295 g/mol. The summed E-state index contributed by atoms with van der Waals surface area (Å²) in [5.41, 5.74) is 1.12. The predicted molar refractivity (Wildman–Crippen MR) is 78.6 cm³/mol. The minimum atomic E-state index is 0.667. The molecule has 2 aromatic heterocycles. The molecule has 0 fully saturated rings. The van der Waals surface area contributed by atoms with Crippen molar-refractivity contribution in [3.8, 4) is 0 Å². The topological polar surface area (TPSA) is 56.1 Å². The van der Waals surface area contributed by atoms with Gasteiger partial charge in [0.1, 0.15) is 12.2 Å². The van der Waals surface area contributed by atoms with E-state index >= 15 is 0 Å². The average Bonchev–Trinajstić information content (AvgIpc) is 3.05. The lowest BCUT2D eigenvalue weighted by molar-refractivity contribution is 0.184. The van der Waals surface area contributed by atoms with Crippen molar-refractivity contribution in [2.24, 2.45) is 0 Å². The second-order valence-electron chi connectivity index (χ2n) is 4.69. The van der Waals surface area contributed by atoms with E-state index in [1.54, 1.807) is 24.8 Å². The molecule has 0 aliphatic rings. The van der Waals surface area contributed by atoms with E-state index in [0.29, 0.717) is 6.61 Å². The second kappa shape index (κ2) is 7.47. The van der Waals surface area contributed by atoms with Gasteiger partial charge in [0.15, 0.2) is 0 Å². The highest BCUT2D eigenvalue weighted by Crippen LogP contribution is 2.12. The summed E-state index contributed by atoms with van der Waals surface area (Å²) in [5, 5.41) is 11.5. The van der Waals surface area contributed by atoms with Crippen LogP contribution in [0.2, 0.25) is 0 Å². The maximum absolute atomic E-state index is 5.09. The number of nitrogens with zero attached hydrogens (tertiary/aromatic N) is 5. The van der Waals surface area contributed by atoms with Crippen molar-refractivity contribution in [1.82, 2.24) is 24.6 Å². The summed E-state index contributed by atoms with van der Waals surface area (Å²) < 4.78 is 7.11. The van der Waals surface area contributed by atoms with Crippen molar-refractivity contribution in [3.63, 3.8) is 0 Å². The van der Waals surface area contributed by atoms with Gasteiger partial charge in [0.2, 0.25) is 0 Å². The largest absolute Gasteiger partial charge is 0.383 e. The highest BCUT2D eigenvalue weighted by Gasteiger charge is 2.09. The van der Waals surface area contributed by atoms with Crippen LogP contribution in [0.15, 0.2) is 11.7 Å². The van der Waals surface area contributed by atoms with Gasteiger partial charge in [0.25, 0.3) is 0 Å². The number of aromatic nitrogens is 4. The zero-order valence-corrected chi connectivity index (χ0v) is 13.1. The van der Waals surface area contributed by atoms with Crippen LogP contribution in [0.1, 0.15) is 23.4 Å². The second-order valence-corrected chi connectivity index (χ2v) is 5.63. The zero-order valence-electron chi connectivity index (χ0n) is 12.2. The molecular weight excluding hydrogens is 274 g/mol. The van der Waals surface area contributed by atoms with Crippen LogP contribution in [0.25, 0.3) is 0 Å². The Kier molecular flexibility index (Phi) is 5.63. The molecule has 0 spiro atoms. The first-order valence-electron chi connectivity index (χ1n) is 6.70. The number of rotatable bonds is 8. The van der Waals surface area contributed by atoms with E-state index in [0.717, 1.165) is 37.6 Å². The quantitative estimate of drug-likeness (QED) is 0.740. The Labute approximate surface area is 123 Å². The highest BCUT2D eigenvalue weighted by atomic mass is 32.1. The third-order valence-electron chi connectivity index (χ3n) is 2.98. The van der Waals surface area contributed by atoms with Crippen LogP contribution in [0.4, 0.5) is 0 Å². The van der Waals surface area contributed by atoms with E-state index < -0.39 is 0 Å². The van der Waals surface area contributed by atoms with Gasteiger partial charge < -0.3 is 9.30 Å². The Bertz CT molecular complexity index is 524. The first-order valence-corrected chi connectivity index (χ1v) is 7.58. The van der Waals surface area contributed by atoms with E-state index in [1.165, 1.54) is 5.01 Å². The molecule has 7 heteroatoms. The molecule has 0 aliphatic heterocycles.